The van der Waals surface area contributed by atoms with Crippen molar-refractivity contribution in [2.75, 3.05) is 5.32 Å². The van der Waals surface area contributed by atoms with Gasteiger partial charge in [0.25, 0.3) is 5.91 Å². The molecule has 1 N–H and O–H groups in total. The molecule has 0 fully saturated rings. The van der Waals surface area contributed by atoms with Crippen molar-refractivity contribution in [3.8, 4) is 5.88 Å². The Morgan fingerprint density at radius 2 is 1.95 bits per heavy atom. The SMILES string of the molecule is Cc1cccc(NC(=O)c2ccc(OC(C)C)nc2)c1C. The normalized spacial score (nSPS) is 10.5. The van der Waals surface area contributed by atoms with Gasteiger partial charge in [-0.25, -0.2) is 4.98 Å². The third kappa shape index (κ3) is 3.81. The van der Waals surface area contributed by atoms with E-state index in [0.29, 0.717) is 11.4 Å². The van der Waals surface area contributed by atoms with Gasteiger partial charge in [-0.15, -0.1) is 0 Å². The van der Waals surface area contributed by atoms with E-state index in [0.717, 1.165) is 16.8 Å². The molecule has 0 aliphatic rings. The van der Waals surface area contributed by atoms with Gasteiger partial charge in [-0.3, -0.25) is 4.79 Å². The summed E-state index contributed by atoms with van der Waals surface area (Å²) in [5, 5.41) is 2.91. The molecule has 0 bridgehead atoms. The van der Waals surface area contributed by atoms with Gasteiger partial charge in [0.05, 0.1) is 11.7 Å². The zero-order valence-electron chi connectivity index (χ0n) is 12.8. The van der Waals surface area contributed by atoms with Crippen LogP contribution in [0, 0.1) is 13.8 Å². The first-order chi connectivity index (χ1) is 9.97. The number of hydrogen-bond donors (Lipinski definition) is 1. The average molecular weight is 284 g/mol. The zero-order chi connectivity index (χ0) is 15.4. The van der Waals surface area contributed by atoms with Crippen LogP contribution in [0.5, 0.6) is 5.88 Å². The molecule has 0 radical (unpaired) electrons. The number of aromatic nitrogens is 1. The van der Waals surface area contributed by atoms with Gasteiger partial charge in [-0.05, 0) is 51.0 Å². The van der Waals surface area contributed by atoms with E-state index in [4.69, 9.17) is 4.74 Å². The van der Waals surface area contributed by atoms with Gasteiger partial charge in [0.15, 0.2) is 0 Å². The Labute approximate surface area is 125 Å². The molecular formula is C17H20N2O2. The molecule has 0 saturated heterocycles. The third-order valence-corrected chi connectivity index (χ3v) is 3.21. The van der Waals surface area contributed by atoms with Gasteiger partial charge in [0, 0.05) is 18.0 Å². The highest BCUT2D eigenvalue weighted by molar-refractivity contribution is 6.04. The maximum Gasteiger partial charge on any atom is 0.257 e. The number of nitrogens with zero attached hydrogens (tertiary/aromatic N) is 1. The molecule has 0 unspecified atom stereocenters. The molecule has 2 aromatic rings. The number of nitrogens with one attached hydrogen (secondary N) is 1. The summed E-state index contributed by atoms with van der Waals surface area (Å²) in [5.41, 5.74) is 3.54. The summed E-state index contributed by atoms with van der Waals surface area (Å²) >= 11 is 0. The molecule has 0 aliphatic heterocycles. The van der Waals surface area contributed by atoms with Gasteiger partial charge in [0.2, 0.25) is 5.88 Å². The van der Waals surface area contributed by atoms with Crippen LogP contribution in [-0.2, 0) is 0 Å². The highest BCUT2D eigenvalue weighted by Gasteiger charge is 2.09. The second-order valence-corrected chi connectivity index (χ2v) is 5.25. The Hall–Kier alpha value is -2.36. The topological polar surface area (TPSA) is 51.2 Å². The maximum absolute atomic E-state index is 12.2. The minimum absolute atomic E-state index is 0.0621. The standard InChI is InChI=1S/C17H20N2O2/c1-11(2)21-16-9-8-14(10-18-16)17(20)19-15-7-5-6-12(3)13(15)4/h5-11H,1-4H3,(H,19,20). The number of benzene rings is 1. The summed E-state index contributed by atoms with van der Waals surface area (Å²) in [6.07, 6.45) is 1.59. The number of anilines is 1. The Morgan fingerprint density at radius 3 is 2.57 bits per heavy atom. The zero-order valence-corrected chi connectivity index (χ0v) is 12.8. The average Bonchev–Trinajstić information content (AvgIpc) is 2.44. The molecule has 1 aromatic carbocycles. The molecule has 1 heterocycles. The minimum atomic E-state index is -0.174. The molecule has 2 rings (SSSR count). The molecular weight excluding hydrogens is 264 g/mol. The lowest BCUT2D eigenvalue weighted by Crippen LogP contribution is -2.14. The number of rotatable bonds is 4. The van der Waals surface area contributed by atoms with Crippen molar-refractivity contribution >= 4 is 11.6 Å². The van der Waals surface area contributed by atoms with E-state index in [-0.39, 0.29) is 12.0 Å². The summed E-state index contributed by atoms with van der Waals surface area (Å²) in [7, 11) is 0. The molecule has 0 saturated carbocycles. The van der Waals surface area contributed by atoms with E-state index in [9.17, 15) is 4.79 Å². The number of carbonyl (C=O) groups excluding carboxylic acids is 1. The maximum atomic E-state index is 12.2. The molecule has 110 valence electrons. The number of carbonyl (C=O) groups is 1. The largest absolute Gasteiger partial charge is 0.475 e. The number of aryl methyl sites for hydroxylation is 1. The Balaban J connectivity index is 2.11. The van der Waals surface area contributed by atoms with Crippen LogP contribution in [-0.4, -0.2) is 17.0 Å². The van der Waals surface area contributed by atoms with E-state index in [1.54, 1.807) is 12.1 Å². The van der Waals surface area contributed by atoms with Crippen LogP contribution in [0.4, 0.5) is 5.69 Å². The van der Waals surface area contributed by atoms with Gasteiger partial charge >= 0.3 is 0 Å². The number of amides is 1. The number of hydrogen-bond acceptors (Lipinski definition) is 3. The van der Waals surface area contributed by atoms with Crippen LogP contribution in [0.15, 0.2) is 36.5 Å². The van der Waals surface area contributed by atoms with Gasteiger partial charge in [-0.1, -0.05) is 12.1 Å². The lowest BCUT2D eigenvalue weighted by atomic mass is 10.1. The minimum Gasteiger partial charge on any atom is -0.475 e. The molecule has 0 aliphatic carbocycles. The van der Waals surface area contributed by atoms with E-state index in [1.165, 1.54) is 6.20 Å². The first kappa shape index (κ1) is 15.0. The molecule has 21 heavy (non-hydrogen) atoms. The highest BCUT2D eigenvalue weighted by Crippen LogP contribution is 2.19. The van der Waals surface area contributed by atoms with E-state index in [1.807, 2.05) is 45.9 Å². The predicted octanol–water partition coefficient (Wildman–Crippen LogP) is 3.74. The second kappa shape index (κ2) is 6.39. The van der Waals surface area contributed by atoms with Crippen molar-refractivity contribution < 1.29 is 9.53 Å². The number of ether oxygens (including phenoxy) is 1. The summed E-state index contributed by atoms with van der Waals surface area (Å²) in [5.74, 6) is 0.348. The lowest BCUT2D eigenvalue weighted by Gasteiger charge is -2.11. The lowest BCUT2D eigenvalue weighted by molar-refractivity contribution is 0.102. The third-order valence-electron chi connectivity index (χ3n) is 3.21. The molecule has 1 amide bonds. The molecule has 4 nitrogen and oxygen atoms in total. The van der Waals surface area contributed by atoms with Gasteiger partial charge in [0.1, 0.15) is 0 Å². The number of pyridine rings is 1. The van der Waals surface area contributed by atoms with Gasteiger partial charge in [-0.2, -0.15) is 0 Å². The fourth-order valence-corrected chi connectivity index (χ4v) is 1.91. The fraction of sp³-hybridized carbons (Fsp3) is 0.294. The highest BCUT2D eigenvalue weighted by atomic mass is 16.5. The molecule has 4 heteroatoms. The quantitative estimate of drug-likeness (QED) is 0.930. The molecule has 0 spiro atoms. The summed E-state index contributed by atoms with van der Waals surface area (Å²) in [4.78, 5) is 16.4. The Bertz CT molecular complexity index is 634. The molecule has 0 atom stereocenters. The van der Waals surface area contributed by atoms with Crippen molar-refractivity contribution in [3.05, 3.63) is 53.2 Å². The van der Waals surface area contributed by atoms with Gasteiger partial charge < -0.3 is 10.1 Å². The van der Waals surface area contributed by atoms with Crippen LogP contribution < -0.4 is 10.1 Å². The smallest absolute Gasteiger partial charge is 0.257 e. The fourth-order valence-electron chi connectivity index (χ4n) is 1.91. The second-order valence-electron chi connectivity index (χ2n) is 5.25. The van der Waals surface area contributed by atoms with Crippen LogP contribution in [0.3, 0.4) is 0 Å². The van der Waals surface area contributed by atoms with Crippen molar-refractivity contribution in [1.29, 1.82) is 0 Å². The van der Waals surface area contributed by atoms with Crippen molar-refractivity contribution in [1.82, 2.24) is 4.98 Å². The molecule has 1 aromatic heterocycles. The van der Waals surface area contributed by atoms with Crippen LogP contribution in [0.2, 0.25) is 0 Å². The van der Waals surface area contributed by atoms with E-state index < -0.39 is 0 Å². The van der Waals surface area contributed by atoms with Crippen molar-refractivity contribution in [2.45, 2.75) is 33.8 Å². The van der Waals surface area contributed by atoms with E-state index in [2.05, 4.69) is 10.3 Å². The summed E-state index contributed by atoms with van der Waals surface area (Å²) in [6, 6.07) is 9.26. The predicted molar refractivity (Wildman–Crippen MR) is 83.9 cm³/mol. The first-order valence-electron chi connectivity index (χ1n) is 6.97. The first-order valence-corrected chi connectivity index (χ1v) is 6.97. The summed E-state index contributed by atoms with van der Waals surface area (Å²) < 4.78 is 5.46. The van der Waals surface area contributed by atoms with E-state index >= 15 is 0 Å². The van der Waals surface area contributed by atoms with Crippen LogP contribution in [0.25, 0.3) is 0 Å². The van der Waals surface area contributed by atoms with Crippen LogP contribution in [0.1, 0.15) is 35.3 Å². The van der Waals surface area contributed by atoms with Crippen molar-refractivity contribution in [3.63, 3.8) is 0 Å². The summed E-state index contributed by atoms with van der Waals surface area (Å²) in [6.45, 7) is 7.87. The van der Waals surface area contributed by atoms with Crippen molar-refractivity contribution in [2.24, 2.45) is 0 Å². The Morgan fingerprint density at radius 1 is 1.19 bits per heavy atom. The van der Waals surface area contributed by atoms with Crippen LogP contribution >= 0.6 is 0 Å². The Kier molecular flexibility index (Phi) is 4.58. The monoisotopic (exact) mass is 284 g/mol.